The van der Waals surface area contributed by atoms with Crippen molar-refractivity contribution in [3.8, 4) is 0 Å². The van der Waals surface area contributed by atoms with E-state index in [0.717, 1.165) is 24.0 Å². The molecule has 0 radical (unpaired) electrons. The molecule has 1 saturated carbocycles. The number of nitrogen functional groups attached to an aromatic ring is 1. The lowest BCUT2D eigenvalue weighted by Gasteiger charge is -2.42. The Labute approximate surface area is 197 Å². The Morgan fingerprint density at radius 2 is 1.59 bits per heavy atom. The van der Waals surface area contributed by atoms with Crippen molar-refractivity contribution in [2.75, 3.05) is 18.8 Å². The monoisotopic (exact) mass is 461 g/mol. The van der Waals surface area contributed by atoms with Gasteiger partial charge >= 0.3 is 5.97 Å². The highest BCUT2D eigenvalue weighted by atomic mass is 16.4. The first kappa shape index (κ1) is 22.1. The maximum atomic E-state index is 13.8. The Bertz CT molecular complexity index is 1160. The average molecular weight is 462 g/mol. The van der Waals surface area contributed by atoms with E-state index in [-0.39, 0.29) is 12.5 Å². The van der Waals surface area contributed by atoms with Gasteiger partial charge in [0.1, 0.15) is 0 Å². The fraction of sp³-hybridized carbons (Fsp3) is 0.385. The Hall–Kier alpha value is -3.68. The molecule has 0 saturated heterocycles. The number of benzene rings is 2. The largest absolute Gasteiger partial charge is 0.481 e. The van der Waals surface area contributed by atoms with Gasteiger partial charge in [0.05, 0.1) is 35.5 Å². The van der Waals surface area contributed by atoms with Crippen LogP contribution in [0.2, 0.25) is 0 Å². The Kier molecular flexibility index (Phi) is 5.59. The van der Waals surface area contributed by atoms with Crippen LogP contribution in [0.5, 0.6) is 0 Å². The smallest absolute Gasteiger partial charge is 0.307 e. The Morgan fingerprint density at radius 1 is 0.941 bits per heavy atom. The zero-order valence-corrected chi connectivity index (χ0v) is 18.8. The van der Waals surface area contributed by atoms with Gasteiger partial charge in [-0.25, -0.2) is 0 Å². The molecule has 2 aromatic carbocycles. The minimum atomic E-state index is -0.952. The Morgan fingerprint density at radius 3 is 2.24 bits per heavy atom. The van der Waals surface area contributed by atoms with Crippen molar-refractivity contribution in [2.24, 2.45) is 11.8 Å². The molecule has 0 aromatic heterocycles. The van der Waals surface area contributed by atoms with Crippen LogP contribution < -0.4 is 5.73 Å². The number of nitrogens with two attached hydrogens (primary N) is 1. The number of imide groups is 1. The quantitative estimate of drug-likeness (QED) is 0.534. The molecule has 3 aliphatic rings. The number of aliphatic carboxylic acids is 1. The zero-order valence-electron chi connectivity index (χ0n) is 18.8. The topological polar surface area (TPSA) is 121 Å². The molecular formula is C26H27N3O5. The van der Waals surface area contributed by atoms with E-state index in [1.165, 1.54) is 4.90 Å². The molecule has 1 aliphatic carbocycles. The number of carbonyl (C=O) groups excluding carboxylic acids is 3. The van der Waals surface area contributed by atoms with Gasteiger partial charge < -0.3 is 15.7 Å². The van der Waals surface area contributed by atoms with Crippen molar-refractivity contribution in [3.05, 3.63) is 64.7 Å². The molecular weight excluding hydrogens is 434 g/mol. The van der Waals surface area contributed by atoms with Crippen LogP contribution in [0.3, 0.4) is 0 Å². The molecule has 2 aromatic rings. The first-order valence-electron chi connectivity index (χ1n) is 11.7. The van der Waals surface area contributed by atoms with Gasteiger partial charge in [-0.05, 0) is 43.0 Å². The summed E-state index contributed by atoms with van der Waals surface area (Å²) < 4.78 is 0. The van der Waals surface area contributed by atoms with Gasteiger partial charge in [-0.1, -0.05) is 37.1 Å². The number of fused-ring (bicyclic) bond motifs is 2. The number of carboxylic acids is 1. The van der Waals surface area contributed by atoms with Crippen LogP contribution in [0.25, 0.3) is 0 Å². The third-order valence-corrected chi connectivity index (χ3v) is 7.48. The predicted octanol–water partition coefficient (Wildman–Crippen LogP) is 2.88. The van der Waals surface area contributed by atoms with Crippen LogP contribution >= 0.6 is 0 Å². The number of anilines is 1. The van der Waals surface area contributed by atoms with Gasteiger partial charge in [-0.3, -0.25) is 24.1 Å². The molecule has 3 N–H and O–H groups in total. The highest BCUT2D eigenvalue weighted by molar-refractivity contribution is 6.21. The van der Waals surface area contributed by atoms with Crippen molar-refractivity contribution in [2.45, 2.75) is 38.1 Å². The summed E-state index contributed by atoms with van der Waals surface area (Å²) in [5.74, 6) is -3.32. The van der Waals surface area contributed by atoms with Crippen LogP contribution in [0, 0.1) is 11.8 Å². The van der Waals surface area contributed by atoms with Crippen LogP contribution in [0.4, 0.5) is 5.69 Å². The predicted molar refractivity (Wildman–Crippen MR) is 124 cm³/mol. The molecule has 0 bridgehead atoms. The minimum Gasteiger partial charge on any atom is -0.481 e. The lowest BCUT2D eigenvalue weighted by molar-refractivity contribution is -0.153. The second-order valence-electron chi connectivity index (χ2n) is 9.32. The summed E-state index contributed by atoms with van der Waals surface area (Å²) in [6, 6.07) is 11.6. The fourth-order valence-electron chi connectivity index (χ4n) is 5.78. The van der Waals surface area contributed by atoms with Crippen molar-refractivity contribution in [3.63, 3.8) is 0 Å². The second-order valence-corrected chi connectivity index (χ2v) is 9.32. The second kappa shape index (κ2) is 8.59. The molecule has 1 fully saturated rings. The van der Waals surface area contributed by atoms with Crippen molar-refractivity contribution < 1.29 is 24.3 Å². The fourth-order valence-corrected chi connectivity index (χ4v) is 5.78. The van der Waals surface area contributed by atoms with Crippen LogP contribution in [-0.2, 0) is 16.0 Å². The number of amides is 3. The van der Waals surface area contributed by atoms with E-state index in [0.29, 0.717) is 42.6 Å². The van der Waals surface area contributed by atoms with E-state index < -0.39 is 35.7 Å². The molecule has 2 heterocycles. The van der Waals surface area contributed by atoms with Crippen molar-refractivity contribution in [1.82, 2.24) is 9.80 Å². The lowest BCUT2D eigenvalue weighted by Crippen LogP contribution is -2.50. The third-order valence-electron chi connectivity index (χ3n) is 7.48. The Balaban J connectivity index is 1.52. The number of rotatable bonds is 4. The summed E-state index contributed by atoms with van der Waals surface area (Å²) in [7, 11) is 0. The summed E-state index contributed by atoms with van der Waals surface area (Å²) in [5.41, 5.74) is 9.26. The van der Waals surface area contributed by atoms with Crippen LogP contribution in [0.15, 0.2) is 42.5 Å². The van der Waals surface area contributed by atoms with Gasteiger partial charge in [-0.2, -0.15) is 0 Å². The van der Waals surface area contributed by atoms with Gasteiger partial charge in [0.25, 0.3) is 11.8 Å². The molecule has 8 nitrogen and oxygen atoms in total. The first-order valence-corrected chi connectivity index (χ1v) is 11.7. The molecule has 34 heavy (non-hydrogen) atoms. The molecule has 2 aliphatic heterocycles. The number of hydrogen-bond acceptors (Lipinski definition) is 5. The van der Waals surface area contributed by atoms with Crippen LogP contribution in [0.1, 0.15) is 63.6 Å². The highest BCUT2D eigenvalue weighted by Gasteiger charge is 2.44. The normalized spacial score (nSPS) is 24.1. The maximum Gasteiger partial charge on any atom is 0.307 e. The summed E-state index contributed by atoms with van der Waals surface area (Å²) in [6.07, 6.45) is 3.16. The molecule has 3 atom stereocenters. The summed E-state index contributed by atoms with van der Waals surface area (Å²) in [6.45, 7) is 0.357. The van der Waals surface area contributed by atoms with E-state index in [1.54, 1.807) is 35.2 Å². The van der Waals surface area contributed by atoms with E-state index in [4.69, 9.17) is 5.73 Å². The SMILES string of the molecule is Nc1cccc2c1C(CN1C(=O)c3ccccc3C1=O)N(C(=O)[C@@H]1CCCC[C@@H]1C(=O)O)CC2. The number of carboxylic acid groups (broad SMARTS) is 1. The summed E-state index contributed by atoms with van der Waals surface area (Å²) in [5, 5.41) is 9.73. The van der Waals surface area contributed by atoms with Crippen LogP contribution in [-0.4, -0.2) is 51.7 Å². The molecule has 1 unspecified atom stereocenters. The van der Waals surface area contributed by atoms with E-state index in [9.17, 15) is 24.3 Å². The number of nitrogens with zero attached hydrogens (tertiary/aromatic N) is 2. The summed E-state index contributed by atoms with van der Waals surface area (Å²) >= 11 is 0. The van der Waals surface area contributed by atoms with Gasteiger partial charge in [0, 0.05) is 17.8 Å². The molecule has 3 amide bonds. The maximum absolute atomic E-state index is 13.8. The number of hydrogen-bond donors (Lipinski definition) is 2. The van der Waals surface area contributed by atoms with Crippen molar-refractivity contribution in [1.29, 1.82) is 0 Å². The highest BCUT2D eigenvalue weighted by Crippen LogP contribution is 2.40. The molecule has 176 valence electrons. The minimum absolute atomic E-state index is 0.0240. The molecule has 0 spiro atoms. The van der Waals surface area contributed by atoms with Gasteiger partial charge in [0.15, 0.2) is 0 Å². The van der Waals surface area contributed by atoms with E-state index >= 15 is 0 Å². The lowest BCUT2D eigenvalue weighted by atomic mass is 9.77. The molecule has 8 heteroatoms. The van der Waals surface area contributed by atoms with Crippen molar-refractivity contribution >= 4 is 29.4 Å². The summed E-state index contributed by atoms with van der Waals surface area (Å²) in [4.78, 5) is 54.7. The van der Waals surface area contributed by atoms with Gasteiger partial charge in [-0.15, -0.1) is 0 Å². The van der Waals surface area contributed by atoms with E-state index in [2.05, 4.69) is 0 Å². The third kappa shape index (κ3) is 3.54. The van der Waals surface area contributed by atoms with Gasteiger partial charge in [0.2, 0.25) is 5.91 Å². The zero-order chi connectivity index (χ0) is 24.0. The first-order chi connectivity index (χ1) is 16.4. The van der Waals surface area contributed by atoms with E-state index in [1.807, 2.05) is 12.1 Å². The molecule has 5 rings (SSSR count). The number of carbonyl (C=O) groups is 4. The standard InChI is InChI=1S/C26H27N3O5/c27-20-11-5-6-15-12-13-28(23(30)18-9-3-4-10-19(18)26(33)34)21(22(15)20)14-29-24(31)16-7-1-2-8-17(16)25(29)32/h1-2,5-8,11,18-19,21H,3-4,9-10,12-14,27H2,(H,33,34)/t18-,19+,21?/m1/s1. The average Bonchev–Trinajstić information content (AvgIpc) is 3.09.